The van der Waals surface area contributed by atoms with Crippen molar-refractivity contribution in [3.05, 3.63) is 90.0 Å². The molecular weight excluding hydrogens is 610 g/mol. The molecule has 14 heteroatoms. The Bertz CT molecular complexity index is 1780. The molecule has 2 amide bonds. The van der Waals surface area contributed by atoms with E-state index in [-0.39, 0.29) is 17.5 Å². The maximum absolute atomic E-state index is 13.9. The first-order valence-corrected chi connectivity index (χ1v) is 14.6. The fourth-order valence-corrected chi connectivity index (χ4v) is 5.50. The molecule has 0 N–H and O–H groups in total. The number of thioether (sulfide) groups is 1. The number of benzene rings is 3. The zero-order valence-electron chi connectivity index (χ0n) is 23.9. The number of amidine groups is 1. The summed E-state index contributed by atoms with van der Waals surface area (Å²) in [7, 11) is 0. The monoisotopic (exact) mass is 635 g/mol. The first-order valence-electron chi connectivity index (χ1n) is 13.6. The molecule has 1 aliphatic heterocycles. The van der Waals surface area contributed by atoms with Crippen LogP contribution in [0.1, 0.15) is 36.8 Å². The zero-order chi connectivity index (χ0) is 32.1. The summed E-state index contributed by atoms with van der Waals surface area (Å²) in [5.74, 6) is -0.394. The van der Waals surface area contributed by atoms with Crippen LogP contribution in [0.15, 0.2) is 83.0 Å². The molecule has 0 bridgehead atoms. The van der Waals surface area contributed by atoms with E-state index in [9.17, 15) is 27.6 Å². The molecule has 3 aromatic carbocycles. The summed E-state index contributed by atoms with van der Waals surface area (Å²) in [4.78, 5) is 26.9. The van der Waals surface area contributed by atoms with Gasteiger partial charge in [-0.1, -0.05) is 49.9 Å². The van der Waals surface area contributed by atoms with E-state index in [1.807, 2.05) is 18.7 Å². The Hall–Kier alpha value is -5.03. The summed E-state index contributed by atoms with van der Waals surface area (Å²) < 4.78 is 56.4. The van der Waals surface area contributed by atoms with Gasteiger partial charge in [0.1, 0.15) is 23.8 Å². The van der Waals surface area contributed by atoms with Crippen LogP contribution in [0.5, 0.6) is 5.75 Å². The van der Waals surface area contributed by atoms with Gasteiger partial charge in [0, 0.05) is 29.8 Å². The van der Waals surface area contributed by atoms with Crippen LogP contribution in [0.3, 0.4) is 0 Å². The Morgan fingerprint density at radius 3 is 2.51 bits per heavy atom. The highest BCUT2D eigenvalue weighted by atomic mass is 32.2. The Labute approximate surface area is 259 Å². The number of nitrogens with zero attached hydrogens (tertiary/aromatic N) is 7. The van der Waals surface area contributed by atoms with Crippen molar-refractivity contribution in [2.24, 2.45) is 9.98 Å². The number of halogens is 4. The third kappa shape index (κ3) is 7.74. The molecule has 0 aliphatic carbocycles. The van der Waals surface area contributed by atoms with E-state index in [0.29, 0.717) is 40.1 Å². The summed E-state index contributed by atoms with van der Waals surface area (Å²) >= 11 is 1.40. The second kappa shape index (κ2) is 13.3. The van der Waals surface area contributed by atoms with Crippen molar-refractivity contribution >= 4 is 34.9 Å². The molecule has 4 aromatic rings. The fraction of sp³-hybridized carbons (Fsp3) is 0.226. The molecule has 0 spiro atoms. The summed E-state index contributed by atoms with van der Waals surface area (Å²) in [6, 6.07) is 17.9. The number of urea groups is 1. The number of aromatic nitrogens is 3. The smallest absolute Gasteiger partial charge is 0.406 e. The number of carbonyl (C=O) groups excluding carboxylic acids is 1. The fourth-order valence-electron chi connectivity index (χ4n) is 4.55. The molecule has 0 radical (unpaired) electrons. The topological polar surface area (TPSA) is 109 Å². The minimum Gasteiger partial charge on any atom is -0.406 e. The van der Waals surface area contributed by atoms with E-state index >= 15 is 0 Å². The van der Waals surface area contributed by atoms with Crippen molar-refractivity contribution in [1.82, 2.24) is 14.8 Å². The van der Waals surface area contributed by atoms with Gasteiger partial charge in [0.05, 0.1) is 11.8 Å². The lowest BCUT2D eigenvalue weighted by Crippen LogP contribution is -2.25. The van der Waals surface area contributed by atoms with E-state index in [0.717, 1.165) is 11.3 Å². The largest absolute Gasteiger partial charge is 0.573 e. The first-order chi connectivity index (χ1) is 21.5. The highest BCUT2D eigenvalue weighted by Crippen LogP contribution is 2.33. The number of ether oxygens (including phenoxy) is 1. The molecule has 1 aromatic heterocycles. The lowest BCUT2D eigenvalue weighted by Gasteiger charge is -2.23. The second-order valence-corrected chi connectivity index (χ2v) is 11.2. The van der Waals surface area contributed by atoms with Crippen LogP contribution in [0.2, 0.25) is 0 Å². The van der Waals surface area contributed by atoms with E-state index in [4.69, 9.17) is 0 Å². The molecule has 1 saturated heterocycles. The molecule has 5 rings (SSSR count). The van der Waals surface area contributed by atoms with Crippen LogP contribution in [-0.2, 0) is 0 Å². The number of amides is 2. The van der Waals surface area contributed by atoms with Gasteiger partial charge in [-0.3, -0.25) is 0 Å². The predicted molar refractivity (Wildman–Crippen MR) is 163 cm³/mol. The average molecular weight is 636 g/mol. The van der Waals surface area contributed by atoms with Gasteiger partial charge < -0.3 is 9.64 Å². The normalized spacial score (nSPS) is 15.2. The number of hydrogen-bond acceptors (Lipinski definition) is 6. The first kappa shape index (κ1) is 31.4. The van der Waals surface area contributed by atoms with Gasteiger partial charge >= 0.3 is 12.4 Å². The Morgan fingerprint density at radius 2 is 1.84 bits per heavy atom. The van der Waals surface area contributed by atoms with Crippen LogP contribution in [0.25, 0.3) is 17.1 Å². The number of nitriles is 1. The number of aliphatic imine (C=N–C) groups is 2. The maximum atomic E-state index is 13.9. The van der Waals surface area contributed by atoms with Gasteiger partial charge in [-0.2, -0.15) is 10.3 Å². The number of hydrogen-bond donors (Lipinski definition) is 0. The molecule has 1 fully saturated rings. The summed E-state index contributed by atoms with van der Waals surface area (Å²) in [6.45, 7) is 4.54. The lowest BCUT2D eigenvalue weighted by molar-refractivity contribution is -0.274. The highest BCUT2D eigenvalue weighted by molar-refractivity contribution is 8.14. The number of carbonyl (C=O) groups is 1. The third-order valence-electron chi connectivity index (χ3n) is 6.70. The molecule has 45 heavy (non-hydrogen) atoms. The molecule has 9 nitrogen and oxygen atoms in total. The van der Waals surface area contributed by atoms with Crippen LogP contribution < -0.4 is 9.64 Å². The van der Waals surface area contributed by atoms with Gasteiger partial charge in [0.15, 0.2) is 11.0 Å². The SMILES string of the molecule is CC(C)c1cc(F)ccc1N1CCSC1=NC(=O)N=CC(C#N)c1ccc(-c2ncn(-c3ccc(OC(F)(F)F)cc3)n2)cc1. The van der Waals surface area contributed by atoms with Crippen LogP contribution in [0.4, 0.5) is 28.0 Å². The van der Waals surface area contributed by atoms with Crippen molar-refractivity contribution < 1.29 is 27.1 Å². The van der Waals surface area contributed by atoms with Crippen molar-refractivity contribution in [3.8, 4) is 28.9 Å². The molecule has 2 heterocycles. The molecule has 230 valence electrons. The standard InChI is InChI=1S/C31H25F4N7O2S/c1-19(2)26-15-23(32)7-12-27(26)41-13-14-45-30(41)39-29(43)37-17-22(16-36)20-3-5-21(6-4-20)28-38-18-42(40-28)24-8-10-25(11-9-24)44-31(33,34)35/h3-12,15,17-19,22H,13-14H2,1-2H3. The molecule has 1 unspecified atom stereocenters. The number of rotatable bonds is 7. The summed E-state index contributed by atoms with van der Waals surface area (Å²) in [6.07, 6.45) is -2.12. The van der Waals surface area contributed by atoms with Gasteiger partial charge in [-0.25, -0.2) is 23.8 Å². The van der Waals surface area contributed by atoms with Gasteiger partial charge in [-0.15, -0.1) is 18.3 Å². The van der Waals surface area contributed by atoms with Crippen molar-refractivity contribution in [1.29, 1.82) is 5.26 Å². The highest BCUT2D eigenvalue weighted by Gasteiger charge is 2.31. The van der Waals surface area contributed by atoms with Crippen molar-refractivity contribution in [2.45, 2.75) is 32.0 Å². The summed E-state index contributed by atoms with van der Waals surface area (Å²) in [5.41, 5.74) is 3.28. The van der Waals surface area contributed by atoms with Gasteiger partial charge in [0.25, 0.3) is 0 Å². The van der Waals surface area contributed by atoms with Gasteiger partial charge in [0.2, 0.25) is 0 Å². The zero-order valence-corrected chi connectivity index (χ0v) is 24.8. The summed E-state index contributed by atoms with van der Waals surface area (Å²) in [5, 5.41) is 14.6. The van der Waals surface area contributed by atoms with Gasteiger partial charge in [-0.05, 0) is 59.5 Å². The Kier molecular flexibility index (Phi) is 9.29. The van der Waals surface area contributed by atoms with Crippen LogP contribution >= 0.6 is 11.8 Å². The number of alkyl halides is 3. The van der Waals surface area contributed by atoms with E-state index < -0.39 is 18.3 Å². The molecule has 1 aliphatic rings. The van der Waals surface area contributed by atoms with E-state index in [1.54, 1.807) is 30.3 Å². The third-order valence-corrected chi connectivity index (χ3v) is 7.66. The van der Waals surface area contributed by atoms with Crippen LogP contribution in [-0.4, -0.2) is 50.8 Å². The Balaban J connectivity index is 1.25. The quantitative estimate of drug-likeness (QED) is 0.153. The van der Waals surface area contributed by atoms with Crippen LogP contribution in [0, 0.1) is 17.1 Å². The lowest BCUT2D eigenvalue weighted by atomic mass is 10.0. The molecule has 1 atom stereocenters. The average Bonchev–Trinajstić information content (AvgIpc) is 3.68. The predicted octanol–water partition coefficient (Wildman–Crippen LogP) is 7.50. The van der Waals surface area contributed by atoms with Crippen molar-refractivity contribution in [3.63, 3.8) is 0 Å². The van der Waals surface area contributed by atoms with E-state index in [2.05, 4.69) is 30.9 Å². The minimum atomic E-state index is -4.78. The second-order valence-electron chi connectivity index (χ2n) is 10.1. The maximum Gasteiger partial charge on any atom is 0.573 e. The van der Waals surface area contributed by atoms with Crippen molar-refractivity contribution in [2.75, 3.05) is 17.2 Å². The van der Waals surface area contributed by atoms with E-state index in [1.165, 1.54) is 65.4 Å². The molecular formula is C31H25F4N7O2S. The number of anilines is 1. The minimum absolute atomic E-state index is 0.0630. The Morgan fingerprint density at radius 1 is 1.11 bits per heavy atom. The molecule has 0 saturated carbocycles.